The summed E-state index contributed by atoms with van der Waals surface area (Å²) < 4.78 is 12.1. The van der Waals surface area contributed by atoms with Crippen LogP contribution in [0.25, 0.3) is 11.1 Å². The van der Waals surface area contributed by atoms with Crippen molar-refractivity contribution in [1.29, 1.82) is 0 Å². The van der Waals surface area contributed by atoms with Gasteiger partial charge in [-0.2, -0.15) is 0 Å². The van der Waals surface area contributed by atoms with Gasteiger partial charge in [-0.1, -0.05) is 23.2 Å². The number of aliphatic hydroxyl groups is 4. The quantitative estimate of drug-likeness (QED) is 0.0936. The van der Waals surface area contributed by atoms with Gasteiger partial charge in [0.25, 0.3) is 11.8 Å². The third-order valence-electron chi connectivity index (χ3n) is 12.3. The molecule has 8 rings (SSSR count). The van der Waals surface area contributed by atoms with Crippen molar-refractivity contribution in [3.8, 4) is 11.5 Å². The van der Waals surface area contributed by atoms with Crippen LogP contribution in [0.4, 0.5) is 22.7 Å². The summed E-state index contributed by atoms with van der Waals surface area (Å²) in [6, 6.07) is 7.60. The molecule has 4 aliphatic heterocycles. The van der Waals surface area contributed by atoms with Gasteiger partial charge in [-0.05, 0) is 63.5 Å². The Hall–Kier alpha value is -5.76. The molecular weight excluding hydrogens is 891 g/mol. The zero-order valence-corrected chi connectivity index (χ0v) is 38.4. The van der Waals surface area contributed by atoms with E-state index in [1.807, 2.05) is 38.1 Å². The van der Waals surface area contributed by atoms with Crippen LogP contribution in [0.1, 0.15) is 62.3 Å². The molecule has 2 atom stereocenters. The van der Waals surface area contributed by atoms with Crippen molar-refractivity contribution in [2.24, 2.45) is 23.3 Å². The maximum atomic E-state index is 13.2. The summed E-state index contributed by atoms with van der Waals surface area (Å²) in [7, 11) is 0. The molecule has 2 aromatic heterocycles. The number of hydrogen-bond acceptors (Lipinski definition) is 16. The molecule has 2 fully saturated rings. The van der Waals surface area contributed by atoms with Crippen molar-refractivity contribution in [2.75, 3.05) is 73.0 Å². The number of ether oxygens (including phenoxy) is 2. The fourth-order valence-corrected chi connectivity index (χ4v) is 8.70. The predicted octanol–water partition coefficient (Wildman–Crippen LogP) is 3.93. The molecule has 4 aromatic rings. The highest BCUT2D eigenvalue weighted by atomic mass is 35.5. The van der Waals surface area contributed by atoms with E-state index in [2.05, 4.69) is 40.4 Å². The van der Waals surface area contributed by atoms with Gasteiger partial charge in [-0.3, -0.25) is 9.59 Å². The molecule has 10 N–H and O–H groups in total. The first-order valence-corrected chi connectivity index (χ1v) is 22.5. The van der Waals surface area contributed by atoms with Crippen molar-refractivity contribution in [2.45, 2.75) is 63.6 Å². The molecular formula is C46H56Cl2N10O8. The molecule has 20 heteroatoms. The second kappa shape index (κ2) is 20.8. The number of carbonyl (C=O) groups is 2. The summed E-state index contributed by atoms with van der Waals surface area (Å²) in [6.45, 7) is 6.78. The lowest BCUT2D eigenvalue weighted by atomic mass is 9.96. The van der Waals surface area contributed by atoms with E-state index in [0.29, 0.717) is 45.8 Å². The second-order valence-corrected chi connectivity index (χ2v) is 18.3. The third-order valence-corrected chi connectivity index (χ3v) is 12.7. The number of nitrogens with zero attached hydrogens (tertiary/aromatic N) is 6. The topological polar surface area (TPSA) is 268 Å². The standard InChI is InChI=1S/2C23H28ClN5O4/c2*1-23(13-31)8-15-6-18(28-22(32)17(9-25)21-26-10-16(24)11-27-21)19(7-20(15)33-23)29-4-2-14(12-30)3-5-29/h2*6-7,9-11,14,30-31H,2-5,8,12-13,25H2,1H3,(H,28,32)/t2*23-/m10/s1. The van der Waals surface area contributed by atoms with E-state index >= 15 is 0 Å². The summed E-state index contributed by atoms with van der Waals surface area (Å²) >= 11 is 11.7. The molecule has 18 nitrogen and oxygen atoms in total. The van der Waals surface area contributed by atoms with E-state index in [0.717, 1.165) is 74.4 Å². The Balaban J connectivity index is 0.000000196. The molecule has 2 aromatic carbocycles. The molecule has 0 bridgehead atoms. The molecule has 0 saturated carbocycles. The lowest BCUT2D eigenvalue weighted by Crippen LogP contribution is -2.35. The minimum absolute atomic E-state index is 0.117. The van der Waals surface area contributed by atoms with Gasteiger partial charge in [0, 0.05) is 113 Å². The van der Waals surface area contributed by atoms with Crippen LogP contribution in [-0.2, 0) is 22.4 Å². The molecule has 0 spiro atoms. The van der Waals surface area contributed by atoms with Crippen LogP contribution in [0.3, 0.4) is 0 Å². The number of aromatic nitrogens is 4. The number of benzene rings is 2. The van der Waals surface area contributed by atoms with Crippen molar-refractivity contribution in [3.63, 3.8) is 0 Å². The number of fused-ring (bicyclic) bond motifs is 2. The Morgan fingerprint density at radius 3 is 1.32 bits per heavy atom. The number of aliphatic hydroxyl groups excluding tert-OH is 4. The third kappa shape index (κ3) is 10.9. The minimum Gasteiger partial charge on any atom is -0.484 e. The highest BCUT2D eigenvalue weighted by Gasteiger charge is 2.38. The zero-order valence-electron chi connectivity index (χ0n) is 36.8. The first-order valence-electron chi connectivity index (χ1n) is 21.8. The first-order chi connectivity index (χ1) is 31.7. The smallest absolute Gasteiger partial charge is 0.261 e. The van der Waals surface area contributed by atoms with Gasteiger partial charge in [-0.25, -0.2) is 19.9 Å². The van der Waals surface area contributed by atoms with Crippen LogP contribution in [0, 0.1) is 11.8 Å². The van der Waals surface area contributed by atoms with E-state index in [1.54, 1.807) is 0 Å². The summed E-state index contributed by atoms with van der Waals surface area (Å²) in [4.78, 5) is 47.0. The summed E-state index contributed by atoms with van der Waals surface area (Å²) in [5.41, 5.74) is 15.0. The van der Waals surface area contributed by atoms with E-state index in [9.17, 15) is 30.0 Å². The lowest BCUT2D eigenvalue weighted by molar-refractivity contribution is -0.111. The molecule has 66 heavy (non-hydrogen) atoms. The lowest BCUT2D eigenvalue weighted by Gasteiger charge is -2.34. The van der Waals surface area contributed by atoms with Crippen LogP contribution in [0.15, 0.2) is 61.5 Å². The highest BCUT2D eigenvalue weighted by Crippen LogP contribution is 2.44. The number of carbonyl (C=O) groups excluding carboxylic acids is 2. The van der Waals surface area contributed by atoms with Crippen molar-refractivity contribution >= 4 is 68.9 Å². The zero-order chi connectivity index (χ0) is 47.2. The molecule has 0 aliphatic carbocycles. The van der Waals surface area contributed by atoms with Gasteiger partial charge in [0.1, 0.15) is 22.7 Å². The molecule has 0 unspecified atom stereocenters. The normalized spacial score (nSPS) is 21.0. The van der Waals surface area contributed by atoms with E-state index in [4.69, 9.17) is 44.1 Å². The molecule has 6 heterocycles. The van der Waals surface area contributed by atoms with Crippen LogP contribution in [0.2, 0.25) is 10.0 Å². The van der Waals surface area contributed by atoms with Gasteiger partial charge in [0.15, 0.2) is 11.6 Å². The largest absolute Gasteiger partial charge is 0.484 e. The first kappa shape index (κ1) is 48.2. The van der Waals surface area contributed by atoms with Crippen LogP contribution in [-0.4, -0.2) is 116 Å². The van der Waals surface area contributed by atoms with Crippen molar-refractivity contribution in [3.05, 3.63) is 94.3 Å². The Morgan fingerprint density at radius 2 is 1.02 bits per heavy atom. The average Bonchev–Trinajstić information content (AvgIpc) is 3.85. The van der Waals surface area contributed by atoms with Crippen molar-refractivity contribution in [1.82, 2.24) is 19.9 Å². The Morgan fingerprint density at radius 1 is 0.667 bits per heavy atom. The van der Waals surface area contributed by atoms with E-state index < -0.39 is 23.0 Å². The molecule has 2 saturated heterocycles. The Labute approximate surface area is 392 Å². The van der Waals surface area contributed by atoms with Crippen LogP contribution < -0.4 is 41.4 Å². The second-order valence-electron chi connectivity index (χ2n) is 17.5. The van der Waals surface area contributed by atoms with Gasteiger partial charge >= 0.3 is 0 Å². The summed E-state index contributed by atoms with van der Waals surface area (Å²) in [6.07, 6.45) is 12.4. The summed E-state index contributed by atoms with van der Waals surface area (Å²) in [5.74, 6) is 1.38. The van der Waals surface area contributed by atoms with Crippen LogP contribution in [0.5, 0.6) is 11.5 Å². The highest BCUT2D eigenvalue weighted by molar-refractivity contribution is 6.31. The fraction of sp³-hybridized carbons (Fsp3) is 0.435. The molecule has 0 radical (unpaired) electrons. The van der Waals surface area contributed by atoms with Gasteiger partial charge in [0.05, 0.1) is 57.2 Å². The Bertz CT molecular complexity index is 2280. The number of halogens is 2. The number of nitrogens with one attached hydrogen (secondary N) is 2. The number of rotatable bonds is 12. The number of amides is 2. The molecule has 2 amide bonds. The monoisotopic (exact) mass is 946 g/mol. The minimum atomic E-state index is -0.703. The van der Waals surface area contributed by atoms with Crippen molar-refractivity contribution < 1.29 is 39.5 Å². The Kier molecular flexibility index (Phi) is 15.2. The fourth-order valence-electron chi connectivity index (χ4n) is 8.50. The number of piperidine rings is 2. The maximum Gasteiger partial charge on any atom is 0.261 e. The van der Waals surface area contributed by atoms with E-state index in [1.165, 1.54) is 37.2 Å². The maximum absolute atomic E-state index is 13.2. The van der Waals surface area contributed by atoms with Gasteiger partial charge in [-0.15, -0.1) is 0 Å². The average molecular weight is 948 g/mol. The van der Waals surface area contributed by atoms with Gasteiger partial charge in [0.2, 0.25) is 0 Å². The van der Waals surface area contributed by atoms with E-state index in [-0.39, 0.29) is 61.1 Å². The number of hydrogen-bond donors (Lipinski definition) is 8. The van der Waals surface area contributed by atoms with Gasteiger partial charge < -0.3 is 61.8 Å². The number of nitrogens with two attached hydrogens (primary N) is 2. The van der Waals surface area contributed by atoms with Crippen LogP contribution >= 0.6 is 23.2 Å². The molecule has 4 aliphatic rings. The SMILES string of the molecule is C[C@@]1(CO)Cc2cc(NC(=O)C(=CN)c3ncc(Cl)cn3)c(N3CCC(CO)CC3)cc2O1.C[C@]1(CO)Cc2cc(NC(=O)C(=CN)c3ncc(Cl)cn3)c(N3CCC(CO)CC3)cc2O1. The summed E-state index contributed by atoms with van der Waals surface area (Å²) in [5, 5.41) is 45.1. The molecule has 352 valence electrons. The number of anilines is 4. The predicted molar refractivity (Wildman–Crippen MR) is 252 cm³/mol.